The molecule has 0 unspecified atom stereocenters. The van der Waals surface area contributed by atoms with Gasteiger partial charge >= 0.3 is 0 Å². The van der Waals surface area contributed by atoms with Crippen LogP contribution in [0.2, 0.25) is 0 Å². The molecule has 1 aliphatic heterocycles. The van der Waals surface area contributed by atoms with Crippen LogP contribution >= 0.6 is 0 Å². The van der Waals surface area contributed by atoms with Crippen LogP contribution in [0.25, 0.3) is 12.2 Å². The number of para-hydroxylation sites is 1. The fourth-order valence-electron chi connectivity index (χ4n) is 3.13. The van der Waals surface area contributed by atoms with Gasteiger partial charge in [0.1, 0.15) is 0 Å². The van der Waals surface area contributed by atoms with Gasteiger partial charge in [0.05, 0.1) is 12.2 Å². The Morgan fingerprint density at radius 2 is 1.67 bits per heavy atom. The van der Waals surface area contributed by atoms with Crippen LogP contribution in [0.1, 0.15) is 44.8 Å². The maximum absolute atomic E-state index is 13.0. The monoisotopic (exact) mass is 364 g/mol. The second-order valence-corrected chi connectivity index (χ2v) is 7.27. The Hall–Kier alpha value is -2.88. The van der Waals surface area contributed by atoms with Gasteiger partial charge in [-0.05, 0) is 28.7 Å². The fraction of sp³-hybridized carbons (Fsp3) is 0.304. The molecule has 142 valence electrons. The van der Waals surface area contributed by atoms with Gasteiger partial charge in [-0.2, -0.15) is 0 Å². The van der Waals surface area contributed by atoms with Gasteiger partial charge in [-0.15, -0.1) is 0 Å². The highest BCUT2D eigenvalue weighted by Gasteiger charge is 2.21. The summed E-state index contributed by atoms with van der Waals surface area (Å²) in [6, 6.07) is 16.0. The standard InChI is InChI=1S/C23H26N2O2.H2/c1-17(2)15-24-22(26)13-14-23(27)25-16-20-9-4-3-7-18(20)11-12-19-8-5-6-10-21(19)25;/h3-12,17H,13-16H2,1-2H3,(H,24,26);1H/b12-11-;. The van der Waals surface area contributed by atoms with Gasteiger partial charge < -0.3 is 10.2 Å². The molecule has 4 nitrogen and oxygen atoms in total. The molecule has 1 N–H and O–H groups in total. The van der Waals surface area contributed by atoms with E-state index in [1.165, 1.54) is 0 Å². The first kappa shape index (κ1) is 18.9. The van der Waals surface area contributed by atoms with Crippen molar-refractivity contribution in [2.24, 2.45) is 5.92 Å². The number of carbonyl (C=O) groups is 2. The molecule has 0 bridgehead atoms. The number of rotatable bonds is 5. The average Bonchev–Trinajstić information content (AvgIpc) is 2.66. The molecule has 2 amide bonds. The highest BCUT2D eigenvalue weighted by atomic mass is 16.2. The fourth-order valence-corrected chi connectivity index (χ4v) is 3.13. The van der Waals surface area contributed by atoms with E-state index in [0.717, 1.165) is 22.4 Å². The van der Waals surface area contributed by atoms with Crippen LogP contribution in [0.5, 0.6) is 0 Å². The van der Waals surface area contributed by atoms with Gasteiger partial charge in [-0.1, -0.05) is 68.5 Å². The molecule has 3 rings (SSSR count). The first-order chi connectivity index (χ1) is 13.0. The van der Waals surface area contributed by atoms with Gasteiger partial charge in [0.2, 0.25) is 11.8 Å². The number of nitrogens with one attached hydrogen (secondary N) is 1. The average molecular weight is 364 g/mol. The van der Waals surface area contributed by atoms with E-state index in [2.05, 4.69) is 17.5 Å². The second kappa shape index (κ2) is 8.67. The Balaban J connectivity index is 0.00000280. The van der Waals surface area contributed by atoms with Crippen LogP contribution in [-0.4, -0.2) is 18.4 Å². The maximum atomic E-state index is 13.0. The smallest absolute Gasteiger partial charge is 0.227 e. The minimum Gasteiger partial charge on any atom is -0.356 e. The summed E-state index contributed by atoms with van der Waals surface area (Å²) in [5.74, 6) is 0.291. The predicted molar refractivity (Wildman–Crippen MR) is 112 cm³/mol. The molecule has 0 fully saturated rings. The normalized spacial score (nSPS) is 14.0. The van der Waals surface area contributed by atoms with E-state index in [9.17, 15) is 9.59 Å². The van der Waals surface area contributed by atoms with Gasteiger partial charge in [-0.25, -0.2) is 0 Å². The van der Waals surface area contributed by atoms with Crippen molar-refractivity contribution >= 4 is 29.7 Å². The van der Waals surface area contributed by atoms with E-state index in [1.807, 2.05) is 62.4 Å². The van der Waals surface area contributed by atoms with Crippen LogP contribution in [0.15, 0.2) is 48.5 Å². The molecule has 2 aromatic rings. The van der Waals surface area contributed by atoms with Crippen LogP contribution in [-0.2, 0) is 16.1 Å². The summed E-state index contributed by atoms with van der Waals surface area (Å²) in [7, 11) is 0. The third kappa shape index (κ3) is 4.85. The maximum Gasteiger partial charge on any atom is 0.227 e. The van der Waals surface area contributed by atoms with E-state index >= 15 is 0 Å². The lowest BCUT2D eigenvalue weighted by Crippen LogP contribution is -2.33. The Bertz CT molecular complexity index is 861. The summed E-state index contributed by atoms with van der Waals surface area (Å²) in [6.07, 6.45) is 4.55. The van der Waals surface area contributed by atoms with Crippen molar-refractivity contribution in [2.45, 2.75) is 33.2 Å². The van der Waals surface area contributed by atoms with Crippen molar-refractivity contribution in [3.8, 4) is 0 Å². The van der Waals surface area contributed by atoms with Crippen molar-refractivity contribution in [1.82, 2.24) is 5.32 Å². The molecule has 0 aliphatic carbocycles. The largest absolute Gasteiger partial charge is 0.356 e. The predicted octanol–water partition coefficient (Wildman–Crippen LogP) is 4.50. The Kier molecular flexibility index (Phi) is 6.07. The number of nitrogens with zero attached hydrogens (tertiary/aromatic N) is 1. The third-order valence-corrected chi connectivity index (χ3v) is 4.63. The Labute approximate surface area is 162 Å². The number of carbonyl (C=O) groups excluding carboxylic acids is 2. The van der Waals surface area contributed by atoms with Crippen molar-refractivity contribution in [2.75, 3.05) is 11.4 Å². The summed E-state index contributed by atoms with van der Waals surface area (Å²) in [4.78, 5) is 26.8. The zero-order valence-corrected chi connectivity index (χ0v) is 15.9. The molecule has 0 radical (unpaired) electrons. The minimum atomic E-state index is -0.0716. The molecule has 27 heavy (non-hydrogen) atoms. The van der Waals surface area contributed by atoms with E-state index < -0.39 is 0 Å². The first-order valence-electron chi connectivity index (χ1n) is 9.46. The topological polar surface area (TPSA) is 49.4 Å². The van der Waals surface area contributed by atoms with Crippen molar-refractivity contribution in [1.29, 1.82) is 0 Å². The summed E-state index contributed by atoms with van der Waals surface area (Å²) < 4.78 is 0. The van der Waals surface area contributed by atoms with Crippen molar-refractivity contribution in [3.63, 3.8) is 0 Å². The molecule has 0 saturated carbocycles. The third-order valence-electron chi connectivity index (χ3n) is 4.63. The van der Waals surface area contributed by atoms with E-state index in [4.69, 9.17) is 0 Å². The SMILES string of the molecule is CC(C)CNC(=O)CCC(=O)N1Cc2ccccc2/C=C\c2ccccc21.[HH]. The molecule has 1 heterocycles. The lowest BCUT2D eigenvalue weighted by atomic mass is 10.0. The van der Waals surface area contributed by atoms with E-state index in [1.54, 1.807) is 4.90 Å². The number of hydrogen-bond acceptors (Lipinski definition) is 2. The number of fused-ring (bicyclic) bond motifs is 2. The van der Waals surface area contributed by atoms with Gasteiger partial charge in [0.15, 0.2) is 0 Å². The highest BCUT2D eigenvalue weighted by Crippen LogP contribution is 2.29. The lowest BCUT2D eigenvalue weighted by molar-refractivity contribution is -0.125. The zero-order valence-electron chi connectivity index (χ0n) is 15.9. The lowest BCUT2D eigenvalue weighted by Gasteiger charge is -2.27. The zero-order chi connectivity index (χ0) is 19.2. The van der Waals surface area contributed by atoms with Crippen LogP contribution in [0, 0.1) is 5.92 Å². The minimum absolute atomic E-state index is 0. The summed E-state index contributed by atoms with van der Waals surface area (Å²) in [5, 5.41) is 2.88. The summed E-state index contributed by atoms with van der Waals surface area (Å²) >= 11 is 0. The van der Waals surface area contributed by atoms with Gasteiger partial charge in [0.25, 0.3) is 0 Å². The van der Waals surface area contributed by atoms with Gasteiger partial charge in [-0.3, -0.25) is 9.59 Å². The Morgan fingerprint density at radius 3 is 2.44 bits per heavy atom. The molecule has 0 atom stereocenters. The van der Waals surface area contributed by atoms with Crippen LogP contribution in [0.4, 0.5) is 5.69 Å². The summed E-state index contributed by atoms with van der Waals surface area (Å²) in [5.41, 5.74) is 4.10. The van der Waals surface area contributed by atoms with Crippen molar-refractivity contribution < 1.29 is 11.0 Å². The van der Waals surface area contributed by atoms with Crippen LogP contribution < -0.4 is 10.2 Å². The van der Waals surface area contributed by atoms with E-state index in [-0.39, 0.29) is 26.1 Å². The molecular weight excluding hydrogens is 336 g/mol. The molecule has 1 aliphatic rings. The molecular formula is C23H28N2O2. The molecule has 0 saturated heterocycles. The second-order valence-electron chi connectivity index (χ2n) is 7.27. The molecule has 2 aromatic carbocycles. The molecule has 0 aromatic heterocycles. The first-order valence-corrected chi connectivity index (χ1v) is 9.46. The number of amides is 2. The van der Waals surface area contributed by atoms with E-state index in [0.29, 0.717) is 19.0 Å². The Morgan fingerprint density at radius 1 is 1.00 bits per heavy atom. The van der Waals surface area contributed by atoms with Gasteiger partial charge in [0, 0.05) is 20.8 Å². The van der Waals surface area contributed by atoms with Crippen molar-refractivity contribution in [3.05, 3.63) is 65.2 Å². The number of hydrogen-bond donors (Lipinski definition) is 1. The van der Waals surface area contributed by atoms with Crippen LogP contribution in [0.3, 0.4) is 0 Å². The molecule has 4 heteroatoms. The molecule has 0 spiro atoms. The summed E-state index contributed by atoms with van der Waals surface area (Å²) in [6.45, 7) is 5.24. The quantitative estimate of drug-likeness (QED) is 0.849. The number of anilines is 1. The highest BCUT2D eigenvalue weighted by molar-refractivity contribution is 5.98. The number of benzene rings is 2.